The second kappa shape index (κ2) is 9.36. The van der Waals surface area contributed by atoms with Crippen molar-refractivity contribution in [2.75, 3.05) is 5.32 Å². The van der Waals surface area contributed by atoms with Gasteiger partial charge in [0.15, 0.2) is 5.76 Å². The van der Waals surface area contributed by atoms with Crippen LogP contribution in [-0.4, -0.2) is 21.4 Å². The number of imidazole rings is 1. The summed E-state index contributed by atoms with van der Waals surface area (Å²) in [4.78, 5) is 29.9. The topological polar surface area (TPSA) is 89.2 Å². The van der Waals surface area contributed by atoms with E-state index < -0.39 is 0 Å². The molecule has 0 saturated heterocycles. The molecule has 5 aromatic rings. The van der Waals surface area contributed by atoms with Gasteiger partial charge < -0.3 is 19.6 Å². The fraction of sp³-hybridized carbons (Fsp3) is 0.115. The van der Waals surface area contributed by atoms with Crippen LogP contribution in [0, 0.1) is 6.92 Å². The number of anilines is 1. The number of rotatable bonds is 7. The van der Waals surface area contributed by atoms with Crippen LogP contribution in [0.4, 0.5) is 5.00 Å². The largest absolute Gasteiger partial charge is 0.459 e. The van der Waals surface area contributed by atoms with Gasteiger partial charge in [-0.15, -0.1) is 11.3 Å². The van der Waals surface area contributed by atoms with Gasteiger partial charge in [0.2, 0.25) is 0 Å². The second-order valence-electron chi connectivity index (χ2n) is 7.91. The summed E-state index contributed by atoms with van der Waals surface area (Å²) in [6, 6.07) is 21.3. The number of fused-ring (bicyclic) bond motifs is 1. The Bertz CT molecular complexity index is 1450. The Balaban J connectivity index is 1.18. The SMILES string of the molecule is Cc1cc(NC(=O)c2ccco2)sc1C(=O)NCc1ccc(Cn2cnc3ccccc32)cc1. The number of carbonyl (C=O) groups excluding carboxylic acids is 2. The lowest BCUT2D eigenvalue weighted by atomic mass is 10.1. The molecule has 2 aromatic carbocycles. The average molecular weight is 471 g/mol. The normalized spacial score (nSPS) is 11.0. The summed E-state index contributed by atoms with van der Waals surface area (Å²) in [6.45, 7) is 3.00. The van der Waals surface area contributed by atoms with Crippen molar-refractivity contribution in [1.29, 1.82) is 0 Å². The number of amides is 2. The Morgan fingerprint density at radius 2 is 1.79 bits per heavy atom. The molecular weight excluding hydrogens is 448 g/mol. The first-order valence-corrected chi connectivity index (χ1v) is 11.6. The predicted molar refractivity (Wildman–Crippen MR) is 132 cm³/mol. The third kappa shape index (κ3) is 4.62. The number of aromatic nitrogens is 2. The van der Waals surface area contributed by atoms with Gasteiger partial charge in [-0.3, -0.25) is 9.59 Å². The number of aryl methyl sites for hydroxylation is 1. The zero-order valence-electron chi connectivity index (χ0n) is 18.4. The molecule has 0 aliphatic heterocycles. The first-order valence-electron chi connectivity index (χ1n) is 10.8. The van der Waals surface area contributed by atoms with Gasteiger partial charge in [-0.25, -0.2) is 4.98 Å². The summed E-state index contributed by atoms with van der Waals surface area (Å²) in [6.07, 6.45) is 3.30. The van der Waals surface area contributed by atoms with Crippen LogP contribution in [0.15, 0.2) is 83.7 Å². The molecule has 3 heterocycles. The van der Waals surface area contributed by atoms with Crippen LogP contribution in [0.1, 0.15) is 36.9 Å². The molecule has 0 atom stereocenters. The minimum Gasteiger partial charge on any atom is -0.459 e. The third-order valence-electron chi connectivity index (χ3n) is 5.46. The van der Waals surface area contributed by atoms with Crippen molar-refractivity contribution in [3.63, 3.8) is 0 Å². The molecule has 2 N–H and O–H groups in total. The van der Waals surface area contributed by atoms with E-state index in [0.29, 0.717) is 16.4 Å². The molecule has 5 rings (SSSR count). The van der Waals surface area contributed by atoms with E-state index in [4.69, 9.17) is 4.42 Å². The van der Waals surface area contributed by atoms with E-state index in [2.05, 4.69) is 38.4 Å². The van der Waals surface area contributed by atoms with Gasteiger partial charge in [0, 0.05) is 13.1 Å². The van der Waals surface area contributed by atoms with Gasteiger partial charge in [0.1, 0.15) is 0 Å². The molecule has 34 heavy (non-hydrogen) atoms. The molecule has 0 fully saturated rings. The van der Waals surface area contributed by atoms with Gasteiger partial charge in [0.25, 0.3) is 11.8 Å². The van der Waals surface area contributed by atoms with Crippen molar-refractivity contribution in [2.45, 2.75) is 20.0 Å². The van der Waals surface area contributed by atoms with Crippen LogP contribution in [-0.2, 0) is 13.1 Å². The molecule has 0 saturated carbocycles. The molecule has 3 aromatic heterocycles. The number of hydrogen-bond donors (Lipinski definition) is 2. The van der Waals surface area contributed by atoms with Crippen molar-refractivity contribution in [3.05, 3.63) is 107 Å². The molecule has 0 bridgehead atoms. The van der Waals surface area contributed by atoms with E-state index in [-0.39, 0.29) is 17.6 Å². The van der Waals surface area contributed by atoms with Crippen LogP contribution in [0.25, 0.3) is 11.0 Å². The lowest BCUT2D eigenvalue weighted by Crippen LogP contribution is -2.22. The summed E-state index contributed by atoms with van der Waals surface area (Å²) in [5, 5.41) is 6.33. The van der Waals surface area contributed by atoms with Gasteiger partial charge in [-0.2, -0.15) is 0 Å². The van der Waals surface area contributed by atoms with Gasteiger partial charge >= 0.3 is 0 Å². The molecule has 0 aliphatic carbocycles. The van der Waals surface area contributed by atoms with Crippen LogP contribution in [0.3, 0.4) is 0 Å². The van der Waals surface area contributed by atoms with Crippen molar-refractivity contribution in [2.24, 2.45) is 0 Å². The number of nitrogens with one attached hydrogen (secondary N) is 2. The maximum atomic E-state index is 12.7. The van der Waals surface area contributed by atoms with E-state index >= 15 is 0 Å². The highest BCUT2D eigenvalue weighted by atomic mass is 32.1. The van der Waals surface area contributed by atoms with Gasteiger partial charge in [-0.1, -0.05) is 36.4 Å². The Hall–Kier alpha value is -4.17. The Morgan fingerprint density at radius 3 is 2.59 bits per heavy atom. The van der Waals surface area contributed by atoms with Gasteiger partial charge in [0.05, 0.1) is 33.5 Å². The quantitative estimate of drug-likeness (QED) is 0.341. The molecule has 8 heteroatoms. The molecule has 0 aliphatic rings. The fourth-order valence-electron chi connectivity index (χ4n) is 3.71. The Kier molecular flexibility index (Phi) is 5.97. The maximum absolute atomic E-state index is 12.7. The summed E-state index contributed by atoms with van der Waals surface area (Å²) in [7, 11) is 0. The van der Waals surface area contributed by atoms with Crippen molar-refractivity contribution >= 4 is 39.2 Å². The average Bonchev–Trinajstić information content (AvgIpc) is 3.59. The van der Waals surface area contributed by atoms with Crippen molar-refractivity contribution < 1.29 is 14.0 Å². The van der Waals surface area contributed by atoms with E-state index in [0.717, 1.165) is 34.3 Å². The van der Waals surface area contributed by atoms with E-state index in [9.17, 15) is 9.59 Å². The Morgan fingerprint density at radius 1 is 1.00 bits per heavy atom. The summed E-state index contributed by atoms with van der Waals surface area (Å²) in [5.41, 5.74) is 5.05. The minimum atomic E-state index is -0.345. The monoisotopic (exact) mass is 470 g/mol. The number of furan rings is 1. The molecule has 7 nitrogen and oxygen atoms in total. The predicted octanol–water partition coefficient (Wildman–Crippen LogP) is 5.23. The van der Waals surface area contributed by atoms with Crippen molar-refractivity contribution in [1.82, 2.24) is 14.9 Å². The molecule has 0 spiro atoms. The fourth-order valence-corrected chi connectivity index (χ4v) is 4.69. The van der Waals surface area contributed by atoms with Crippen LogP contribution in [0.5, 0.6) is 0 Å². The number of thiophene rings is 1. The number of hydrogen-bond acceptors (Lipinski definition) is 5. The number of carbonyl (C=O) groups is 2. The number of nitrogens with zero attached hydrogens (tertiary/aromatic N) is 2. The van der Waals surface area contributed by atoms with E-state index in [1.807, 2.05) is 43.6 Å². The first-order chi connectivity index (χ1) is 16.6. The van der Waals surface area contributed by atoms with Crippen LogP contribution < -0.4 is 10.6 Å². The lowest BCUT2D eigenvalue weighted by Gasteiger charge is -2.08. The minimum absolute atomic E-state index is 0.171. The zero-order chi connectivity index (χ0) is 23.5. The standard InChI is InChI=1S/C26H22N4O3S/c1-17-13-23(29-25(31)22-7-4-12-33-22)34-24(17)26(32)27-14-18-8-10-19(11-9-18)15-30-16-28-20-5-2-3-6-21(20)30/h2-13,16H,14-15H2,1H3,(H,27,32)(H,29,31). The van der Waals surface area contributed by atoms with E-state index in [1.165, 1.54) is 17.6 Å². The molecule has 0 unspecified atom stereocenters. The van der Waals surface area contributed by atoms with Crippen molar-refractivity contribution in [3.8, 4) is 0 Å². The first kappa shape index (κ1) is 21.7. The lowest BCUT2D eigenvalue weighted by molar-refractivity contribution is 0.0953. The molecule has 170 valence electrons. The number of benzene rings is 2. The molecule has 2 amide bonds. The summed E-state index contributed by atoms with van der Waals surface area (Å²) < 4.78 is 7.22. The highest BCUT2D eigenvalue weighted by molar-refractivity contribution is 7.18. The third-order valence-corrected chi connectivity index (χ3v) is 6.61. The van der Waals surface area contributed by atoms with E-state index in [1.54, 1.807) is 18.2 Å². The Labute approximate surface area is 200 Å². The maximum Gasteiger partial charge on any atom is 0.291 e. The zero-order valence-corrected chi connectivity index (χ0v) is 19.3. The van der Waals surface area contributed by atoms with Crippen LogP contribution >= 0.6 is 11.3 Å². The van der Waals surface area contributed by atoms with Gasteiger partial charge in [-0.05, 0) is 53.9 Å². The smallest absolute Gasteiger partial charge is 0.291 e. The number of para-hydroxylation sites is 2. The highest BCUT2D eigenvalue weighted by Gasteiger charge is 2.16. The molecular formula is C26H22N4O3S. The molecule has 0 radical (unpaired) electrons. The summed E-state index contributed by atoms with van der Waals surface area (Å²) >= 11 is 1.24. The summed E-state index contributed by atoms with van der Waals surface area (Å²) in [5.74, 6) is -0.293. The van der Waals surface area contributed by atoms with Crippen LogP contribution in [0.2, 0.25) is 0 Å². The second-order valence-corrected chi connectivity index (χ2v) is 8.97. The highest BCUT2D eigenvalue weighted by Crippen LogP contribution is 2.27.